The Bertz CT molecular complexity index is 316. The number of hydrogen-bond acceptors (Lipinski definition) is 1. The molecule has 1 aromatic heterocycles. The third-order valence-electron chi connectivity index (χ3n) is 1.70. The number of halogens is 4. The van der Waals surface area contributed by atoms with Gasteiger partial charge in [0.1, 0.15) is 11.0 Å². The maximum absolute atomic E-state index is 12.2. The molecule has 1 rings (SSSR count). The number of imidazole rings is 1. The van der Waals surface area contributed by atoms with Gasteiger partial charge in [-0.25, -0.2) is 4.98 Å². The van der Waals surface area contributed by atoms with Crippen molar-refractivity contribution in [1.29, 1.82) is 0 Å². The van der Waals surface area contributed by atoms with Crippen LogP contribution in [0.1, 0.15) is 18.4 Å². The lowest BCUT2D eigenvalue weighted by Gasteiger charge is -2.01. The second kappa shape index (κ2) is 3.21. The summed E-state index contributed by atoms with van der Waals surface area (Å²) < 4.78 is 37.9. The monoisotopic (exact) mass is 212 g/mol. The van der Waals surface area contributed by atoms with E-state index in [1.165, 1.54) is 11.6 Å². The van der Waals surface area contributed by atoms with Crippen LogP contribution in [0.4, 0.5) is 13.2 Å². The zero-order chi connectivity index (χ0) is 10.2. The minimum absolute atomic E-state index is 0.331. The van der Waals surface area contributed by atoms with Crippen LogP contribution < -0.4 is 0 Å². The molecular formula is C7H8ClF3N2. The van der Waals surface area contributed by atoms with Crippen LogP contribution in [0.15, 0.2) is 0 Å². The Hall–Kier alpha value is -0.710. The SMILES string of the molecule is CCc1nc(C(F)(F)F)c(Cl)n1C. The van der Waals surface area contributed by atoms with Gasteiger partial charge in [-0.3, -0.25) is 0 Å². The van der Waals surface area contributed by atoms with Gasteiger partial charge in [0, 0.05) is 13.5 Å². The fourth-order valence-corrected chi connectivity index (χ4v) is 1.27. The van der Waals surface area contributed by atoms with Crippen molar-refractivity contribution in [2.75, 3.05) is 0 Å². The minimum Gasteiger partial charge on any atom is -0.322 e. The van der Waals surface area contributed by atoms with Crippen molar-refractivity contribution in [3.63, 3.8) is 0 Å². The molecule has 0 spiro atoms. The molecular weight excluding hydrogens is 205 g/mol. The predicted molar refractivity (Wildman–Crippen MR) is 42.6 cm³/mol. The van der Waals surface area contributed by atoms with E-state index >= 15 is 0 Å². The Morgan fingerprint density at radius 3 is 2.23 bits per heavy atom. The highest BCUT2D eigenvalue weighted by Gasteiger charge is 2.37. The van der Waals surface area contributed by atoms with E-state index in [9.17, 15) is 13.2 Å². The highest BCUT2D eigenvalue weighted by molar-refractivity contribution is 6.30. The van der Waals surface area contributed by atoms with Crippen LogP contribution in [-0.2, 0) is 19.6 Å². The van der Waals surface area contributed by atoms with Gasteiger partial charge in [0.15, 0.2) is 5.69 Å². The fraction of sp³-hybridized carbons (Fsp3) is 0.571. The van der Waals surface area contributed by atoms with Crippen LogP contribution in [0.5, 0.6) is 0 Å². The molecule has 0 aliphatic rings. The van der Waals surface area contributed by atoms with E-state index in [0.29, 0.717) is 12.2 Å². The first-order valence-electron chi connectivity index (χ1n) is 3.66. The summed E-state index contributed by atoms with van der Waals surface area (Å²) in [4.78, 5) is 3.41. The molecule has 0 N–H and O–H groups in total. The molecule has 0 aliphatic heterocycles. The standard InChI is InChI=1S/C7H8ClF3N2/c1-3-4-12-5(7(9,10)11)6(8)13(4)2/h3H2,1-2H3. The van der Waals surface area contributed by atoms with E-state index in [0.717, 1.165) is 0 Å². The average Bonchev–Trinajstić information content (AvgIpc) is 2.28. The Labute approximate surface area is 78.3 Å². The molecule has 0 saturated heterocycles. The van der Waals surface area contributed by atoms with E-state index in [1.54, 1.807) is 6.92 Å². The van der Waals surface area contributed by atoms with Crippen LogP contribution >= 0.6 is 11.6 Å². The van der Waals surface area contributed by atoms with Gasteiger partial charge in [0.05, 0.1) is 0 Å². The molecule has 0 aliphatic carbocycles. The van der Waals surface area contributed by atoms with Crippen LogP contribution in [-0.4, -0.2) is 9.55 Å². The summed E-state index contributed by atoms with van der Waals surface area (Å²) in [6, 6.07) is 0. The molecule has 0 aromatic carbocycles. The molecule has 0 fully saturated rings. The van der Waals surface area contributed by atoms with Gasteiger partial charge in [-0.15, -0.1) is 0 Å². The van der Waals surface area contributed by atoms with Crippen molar-refractivity contribution in [3.05, 3.63) is 16.7 Å². The summed E-state index contributed by atoms with van der Waals surface area (Å²) in [6.45, 7) is 1.72. The number of rotatable bonds is 1. The smallest absolute Gasteiger partial charge is 0.322 e. The van der Waals surface area contributed by atoms with Crippen LogP contribution in [0.25, 0.3) is 0 Å². The van der Waals surface area contributed by atoms with E-state index in [4.69, 9.17) is 11.6 Å². The summed E-state index contributed by atoms with van der Waals surface area (Å²) >= 11 is 5.46. The van der Waals surface area contributed by atoms with Crippen molar-refractivity contribution < 1.29 is 13.2 Å². The number of aryl methyl sites for hydroxylation is 1. The molecule has 13 heavy (non-hydrogen) atoms. The molecule has 74 valence electrons. The zero-order valence-electron chi connectivity index (χ0n) is 7.11. The summed E-state index contributed by atoms with van der Waals surface area (Å²) in [5.41, 5.74) is -1.01. The molecule has 1 aromatic rings. The van der Waals surface area contributed by atoms with Gasteiger partial charge in [-0.05, 0) is 0 Å². The molecule has 0 radical (unpaired) electrons. The summed E-state index contributed by atoms with van der Waals surface area (Å²) in [5, 5.41) is -0.357. The maximum atomic E-state index is 12.2. The van der Waals surface area contributed by atoms with Crippen molar-refractivity contribution in [1.82, 2.24) is 9.55 Å². The Morgan fingerprint density at radius 2 is 2.00 bits per heavy atom. The molecule has 0 unspecified atom stereocenters. The largest absolute Gasteiger partial charge is 0.436 e. The molecule has 6 heteroatoms. The predicted octanol–water partition coefficient (Wildman–Crippen LogP) is 2.65. The van der Waals surface area contributed by atoms with E-state index in [-0.39, 0.29) is 5.15 Å². The van der Waals surface area contributed by atoms with Gasteiger partial charge < -0.3 is 4.57 Å². The van der Waals surface area contributed by atoms with E-state index < -0.39 is 11.9 Å². The molecule has 0 saturated carbocycles. The van der Waals surface area contributed by atoms with Crippen LogP contribution in [0, 0.1) is 0 Å². The van der Waals surface area contributed by atoms with Crippen molar-refractivity contribution in [2.45, 2.75) is 19.5 Å². The Morgan fingerprint density at radius 1 is 1.46 bits per heavy atom. The summed E-state index contributed by atoms with van der Waals surface area (Å²) in [7, 11) is 1.46. The number of hydrogen-bond donors (Lipinski definition) is 0. The topological polar surface area (TPSA) is 17.8 Å². The van der Waals surface area contributed by atoms with Crippen molar-refractivity contribution in [2.24, 2.45) is 7.05 Å². The second-order valence-corrected chi connectivity index (χ2v) is 2.94. The van der Waals surface area contributed by atoms with Gasteiger partial charge in [0.2, 0.25) is 0 Å². The number of aromatic nitrogens is 2. The number of alkyl halides is 3. The third kappa shape index (κ3) is 1.80. The highest BCUT2D eigenvalue weighted by Crippen LogP contribution is 2.33. The first-order chi connectivity index (χ1) is 5.88. The van der Waals surface area contributed by atoms with Crippen molar-refractivity contribution in [3.8, 4) is 0 Å². The first kappa shape index (κ1) is 10.4. The lowest BCUT2D eigenvalue weighted by atomic mass is 10.4. The minimum atomic E-state index is -4.47. The van der Waals surface area contributed by atoms with Gasteiger partial charge in [-0.1, -0.05) is 18.5 Å². The molecule has 1 heterocycles. The molecule has 0 bridgehead atoms. The normalized spacial score (nSPS) is 12.2. The number of nitrogens with zero attached hydrogens (tertiary/aromatic N) is 2. The van der Waals surface area contributed by atoms with E-state index in [1.807, 2.05) is 0 Å². The van der Waals surface area contributed by atoms with Gasteiger partial charge >= 0.3 is 6.18 Å². The summed E-state index contributed by atoms with van der Waals surface area (Å²) in [6.07, 6.45) is -4.05. The molecule has 0 amide bonds. The molecule has 0 atom stereocenters. The quantitative estimate of drug-likeness (QED) is 0.700. The van der Waals surface area contributed by atoms with Crippen LogP contribution in [0.3, 0.4) is 0 Å². The third-order valence-corrected chi connectivity index (χ3v) is 2.14. The first-order valence-corrected chi connectivity index (χ1v) is 4.04. The Kier molecular flexibility index (Phi) is 2.56. The highest BCUT2D eigenvalue weighted by atomic mass is 35.5. The zero-order valence-corrected chi connectivity index (χ0v) is 7.87. The fourth-order valence-electron chi connectivity index (χ4n) is 1.02. The lowest BCUT2D eigenvalue weighted by Crippen LogP contribution is -2.06. The second-order valence-electron chi connectivity index (χ2n) is 2.58. The van der Waals surface area contributed by atoms with Gasteiger partial charge in [0.25, 0.3) is 0 Å². The Balaban J connectivity index is 3.25. The van der Waals surface area contributed by atoms with E-state index in [2.05, 4.69) is 4.98 Å². The molecule has 2 nitrogen and oxygen atoms in total. The summed E-state index contributed by atoms with van der Waals surface area (Å²) in [5.74, 6) is 0.331. The van der Waals surface area contributed by atoms with Crippen molar-refractivity contribution >= 4 is 11.6 Å². The lowest BCUT2D eigenvalue weighted by molar-refractivity contribution is -0.140. The van der Waals surface area contributed by atoms with Crippen LogP contribution in [0.2, 0.25) is 5.15 Å². The average molecular weight is 213 g/mol. The van der Waals surface area contributed by atoms with Gasteiger partial charge in [-0.2, -0.15) is 13.2 Å². The maximum Gasteiger partial charge on any atom is 0.436 e.